The molecule has 0 bridgehead atoms. The van der Waals surface area contributed by atoms with E-state index in [9.17, 15) is 15.2 Å². The molecule has 168 valence electrons. The molecule has 2 unspecified atom stereocenters. The highest BCUT2D eigenvalue weighted by molar-refractivity contribution is 5.91. The lowest BCUT2D eigenvalue weighted by Gasteiger charge is -2.61. The minimum Gasteiger partial charge on any atom is -0.393 e. The number of carbonyl (C=O) groups excluding carboxylic acids is 1. The van der Waals surface area contributed by atoms with Gasteiger partial charge in [0.15, 0.2) is 12.1 Å². The fraction of sp³-hybridized carbons (Fsp3) is 0.840. The third-order valence-corrected chi connectivity index (χ3v) is 10.2. The lowest BCUT2D eigenvalue weighted by molar-refractivity contribution is -0.213. The largest absolute Gasteiger partial charge is 0.393 e. The molecular weight excluding hydrogens is 394 g/mol. The SMILES string of the molecule is CCC1O[C@@H]2C[C@H]3[C@@H]4CCC5=CC(=O)CC[C@]5(C)[C@H]4[C@@H](O)C[C@]3(C)[C@]2(C2(C#N)CO2)O1. The van der Waals surface area contributed by atoms with Gasteiger partial charge in [-0.1, -0.05) is 26.3 Å². The average molecular weight is 428 g/mol. The van der Waals surface area contributed by atoms with Crippen LogP contribution in [0.4, 0.5) is 0 Å². The first kappa shape index (κ1) is 20.4. The highest BCUT2D eigenvalue weighted by Crippen LogP contribution is 2.73. The standard InChI is InChI=1S/C25H33NO5/c1-4-20-30-19-10-17-16-6-5-14-9-15(27)7-8-22(14,2)21(16)18(28)11-23(17,3)25(19,31-20)24(12-26)13-29-24/h9,16-21,28H,4-8,10-11,13H2,1-3H3/t16-,17-,18-,19+,20?,21+,22-,23-,24?,25+/m0/s1. The Kier molecular flexibility index (Phi) is 4.07. The predicted molar refractivity (Wildman–Crippen MR) is 111 cm³/mol. The van der Waals surface area contributed by atoms with E-state index in [-0.39, 0.29) is 29.5 Å². The lowest BCUT2D eigenvalue weighted by Crippen LogP contribution is -2.65. The smallest absolute Gasteiger partial charge is 0.209 e. The van der Waals surface area contributed by atoms with Gasteiger partial charge in [-0.15, -0.1) is 0 Å². The Labute approximate surface area is 183 Å². The second-order valence-corrected chi connectivity index (χ2v) is 11.4. The van der Waals surface area contributed by atoms with Crippen LogP contribution in [0.5, 0.6) is 0 Å². The molecule has 5 fully saturated rings. The van der Waals surface area contributed by atoms with E-state index in [2.05, 4.69) is 19.9 Å². The Morgan fingerprint density at radius 1 is 1.32 bits per heavy atom. The maximum atomic E-state index is 12.1. The number of carbonyl (C=O) groups is 1. The van der Waals surface area contributed by atoms with Gasteiger partial charge in [0.1, 0.15) is 11.7 Å². The number of allylic oxidation sites excluding steroid dienone is 1. The summed E-state index contributed by atoms with van der Waals surface area (Å²) in [6.07, 6.45) is 6.30. The molecule has 4 aliphatic carbocycles. The Morgan fingerprint density at radius 2 is 2.10 bits per heavy atom. The molecule has 0 aromatic rings. The summed E-state index contributed by atoms with van der Waals surface area (Å²) in [5.74, 6) is 0.988. The summed E-state index contributed by atoms with van der Waals surface area (Å²) < 4.78 is 18.9. The van der Waals surface area contributed by atoms with Crippen molar-refractivity contribution in [2.45, 2.75) is 95.4 Å². The predicted octanol–water partition coefficient (Wildman–Crippen LogP) is 3.28. The molecule has 1 N–H and O–H groups in total. The van der Waals surface area contributed by atoms with E-state index in [0.717, 1.165) is 32.1 Å². The zero-order chi connectivity index (χ0) is 21.8. The number of nitrogens with zero attached hydrogens (tertiary/aromatic N) is 1. The van der Waals surface area contributed by atoms with Crippen molar-refractivity contribution >= 4 is 5.78 Å². The Bertz CT molecular complexity index is 904. The maximum absolute atomic E-state index is 12.1. The van der Waals surface area contributed by atoms with Crippen LogP contribution in [-0.4, -0.2) is 47.2 Å². The van der Waals surface area contributed by atoms with E-state index < -0.39 is 22.7 Å². The van der Waals surface area contributed by atoms with E-state index in [1.54, 1.807) is 0 Å². The van der Waals surface area contributed by atoms with Gasteiger partial charge in [0.05, 0.1) is 18.8 Å². The topological polar surface area (TPSA) is 92.1 Å². The summed E-state index contributed by atoms with van der Waals surface area (Å²) in [6.45, 7) is 6.90. The number of aliphatic hydroxyl groups is 1. The summed E-state index contributed by atoms with van der Waals surface area (Å²) in [5, 5.41) is 21.8. The van der Waals surface area contributed by atoms with Gasteiger partial charge in [0, 0.05) is 11.8 Å². The minimum atomic E-state index is -0.974. The number of epoxide rings is 1. The molecule has 3 saturated carbocycles. The number of nitriles is 1. The summed E-state index contributed by atoms with van der Waals surface area (Å²) in [7, 11) is 0. The van der Waals surface area contributed by atoms with E-state index in [4.69, 9.17) is 14.2 Å². The Hall–Kier alpha value is -1.26. The molecule has 6 rings (SSSR count). The third-order valence-electron chi connectivity index (χ3n) is 10.2. The molecule has 0 spiro atoms. The van der Waals surface area contributed by atoms with E-state index in [0.29, 0.717) is 31.3 Å². The number of rotatable bonds is 2. The van der Waals surface area contributed by atoms with Crippen LogP contribution < -0.4 is 0 Å². The highest BCUT2D eigenvalue weighted by atomic mass is 16.8. The van der Waals surface area contributed by atoms with E-state index >= 15 is 0 Å². The van der Waals surface area contributed by atoms with Crippen molar-refractivity contribution in [2.24, 2.45) is 28.6 Å². The zero-order valence-corrected chi connectivity index (χ0v) is 18.7. The minimum absolute atomic E-state index is 0.126. The first-order valence-corrected chi connectivity index (χ1v) is 12.0. The van der Waals surface area contributed by atoms with Crippen molar-refractivity contribution in [3.8, 4) is 6.07 Å². The van der Waals surface area contributed by atoms with Crippen LogP contribution in [0.2, 0.25) is 0 Å². The van der Waals surface area contributed by atoms with Crippen LogP contribution in [0.25, 0.3) is 0 Å². The van der Waals surface area contributed by atoms with Crippen LogP contribution in [0.15, 0.2) is 11.6 Å². The molecule has 0 aromatic carbocycles. The van der Waals surface area contributed by atoms with Crippen LogP contribution in [-0.2, 0) is 19.0 Å². The Balaban J connectivity index is 1.44. The molecule has 2 saturated heterocycles. The fourth-order valence-corrected chi connectivity index (χ4v) is 8.87. The number of hydrogen-bond donors (Lipinski definition) is 1. The molecule has 0 amide bonds. The van der Waals surface area contributed by atoms with Crippen molar-refractivity contribution in [1.82, 2.24) is 0 Å². The monoisotopic (exact) mass is 427 g/mol. The summed E-state index contributed by atoms with van der Waals surface area (Å²) in [6, 6.07) is 2.45. The zero-order valence-electron chi connectivity index (χ0n) is 18.7. The summed E-state index contributed by atoms with van der Waals surface area (Å²) in [4.78, 5) is 12.1. The number of fused-ring (bicyclic) bond motifs is 7. The average Bonchev–Trinajstić information content (AvgIpc) is 3.38. The molecule has 6 aliphatic rings. The molecule has 0 radical (unpaired) electrons. The molecule has 10 atom stereocenters. The molecule has 6 nitrogen and oxygen atoms in total. The van der Waals surface area contributed by atoms with Crippen molar-refractivity contribution in [3.63, 3.8) is 0 Å². The second kappa shape index (κ2) is 6.20. The van der Waals surface area contributed by atoms with Crippen molar-refractivity contribution < 1.29 is 24.1 Å². The lowest BCUT2D eigenvalue weighted by atomic mass is 9.45. The van der Waals surface area contributed by atoms with Crippen LogP contribution in [0.3, 0.4) is 0 Å². The van der Waals surface area contributed by atoms with Gasteiger partial charge in [-0.2, -0.15) is 5.26 Å². The van der Waals surface area contributed by atoms with Gasteiger partial charge in [-0.05, 0) is 67.8 Å². The molecule has 0 aromatic heterocycles. The molecule has 31 heavy (non-hydrogen) atoms. The number of aliphatic hydroxyl groups excluding tert-OH is 1. The van der Waals surface area contributed by atoms with E-state index in [1.807, 2.05) is 13.0 Å². The highest BCUT2D eigenvalue weighted by Gasteiger charge is 2.83. The van der Waals surface area contributed by atoms with E-state index in [1.165, 1.54) is 5.57 Å². The second-order valence-electron chi connectivity index (χ2n) is 11.4. The summed E-state index contributed by atoms with van der Waals surface area (Å²) in [5.41, 5.74) is -1.09. The quantitative estimate of drug-likeness (QED) is 0.680. The van der Waals surface area contributed by atoms with Crippen LogP contribution in [0, 0.1) is 39.9 Å². The van der Waals surface area contributed by atoms with Gasteiger partial charge in [0.25, 0.3) is 0 Å². The van der Waals surface area contributed by atoms with Crippen molar-refractivity contribution in [3.05, 3.63) is 11.6 Å². The number of hydrogen-bond acceptors (Lipinski definition) is 6. The van der Waals surface area contributed by atoms with Gasteiger partial charge < -0.3 is 19.3 Å². The molecular formula is C25H33NO5. The first-order valence-electron chi connectivity index (χ1n) is 12.0. The van der Waals surface area contributed by atoms with Gasteiger partial charge >= 0.3 is 0 Å². The molecule has 2 aliphatic heterocycles. The summed E-state index contributed by atoms with van der Waals surface area (Å²) >= 11 is 0. The molecule has 2 heterocycles. The van der Waals surface area contributed by atoms with Gasteiger partial charge in [0.2, 0.25) is 5.60 Å². The molecule has 6 heteroatoms. The number of ketones is 1. The van der Waals surface area contributed by atoms with Gasteiger partial charge in [-0.3, -0.25) is 4.79 Å². The van der Waals surface area contributed by atoms with Gasteiger partial charge in [-0.25, -0.2) is 0 Å². The van der Waals surface area contributed by atoms with Crippen molar-refractivity contribution in [1.29, 1.82) is 5.26 Å². The van der Waals surface area contributed by atoms with Crippen LogP contribution in [0.1, 0.15) is 65.7 Å². The normalized spacial score (nSPS) is 57.3. The maximum Gasteiger partial charge on any atom is 0.209 e. The van der Waals surface area contributed by atoms with Crippen LogP contribution >= 0.6 is 0 Å². The number of ether oxygens (including phenoxy) is 3. The van der Waals surface area contributed by atoms with Crippen molar-refractivity contribution in [2.75, 3.05) is 6.61 Å². The third kappa shape index (κ3) is 2.24. The fourth-order valence-electron chi connectivity index (χ4n) is 8.87. The first-order chi connectivity index (χ1) is 14.7. The Morgan fingerprint density at radius 3 is 2.77 bits per heavy atom.